The van der Waals surface area contributed by atoms with E-state index < -0.39 is 0 Å². The topological polar surface area (TPSA) is 97.7 Å². The first-order valence-corrected chi connectivity index (χ1v) is 12.2. The van der Waals surface area contributed by atoms with Gasteiger partial charge in [0.25, 0.3) is 11.8 Å². The zero-order chi connectivity index (χ0) is 25.5. The quantitative estimate of drug-likeness (QED) is 0.454. The van der Waals surface area contributed by atoms with Gasteiger partial charge in [-0.3, -0.25) is 19.2 Å². The Balaban J connectivity index is 1.34. The predicted octanol–water partition coefficient (Wildman–Crippen LogP) is 3.76. The number of carbonyl (C=O) groups is 2. The summed E-state index contributed by atoms with van der Waals surface area (Å²) in [6.07, 6.45) is 3.92. The molecule has 190 valence electrons. The third kappa shape index (κ3) is 6.35. The highest BCUT2D eigenvalue weighted by atomic mass is 35.5. The molecule has 0 bridgehead atoms. The van der Waals surface area contributed by atoms with Gasteiger partial charge in [0, 0.05) is 26.3 Å². The number of likely N-dealkylation sites (tertiary alicyclic amines) is 1. The Bertz CT molecular complexity index is 1210. The molecule has 1 aromatic heterocycles. The van der Waals surface area contributed by atoms with Gasteiger partial charge >= 0.3 is 0 Å². The van der Waals surface area contributed by atoms with Crippen molar-refractivity contribution in [2.24, 2.45) is 0 Å². The van der Waals surface area contributed by atoms with E-state index in [2.05, 4.69) is 20.6 Å². The summed E-state index contributed by atoms with van der Waals surface area (Å²) in [4.78, 5) is 26.5. The lowest BCUT2D eigenvalue weighted by atomic mass is 10.0. The first-order chi connectivity index (χ1) is 17.5. The molecular formula is C26H30ClN5O4. The molecule has 2 N–H and O–H groups in total. The van der Waals surface area contributed by atoms with Gasteiger partial charge < -0.3 is 20.1 Å². The third-order valence-electron chi connectivity index (χ3n) is 6.06. The second-order valence-electron chi connectivity index (χ2n) is 8.59. The molecule has 1 fully saturated rings. The van der Waals surface area contributed by atoms with Crippen LogP contribution < -0.4 is 20.1 Å². The summed E-state index contributed by atoms with van der Waals surface area (Å²) in [6, 6.07) is 14.7. The highest BCUT2D eigenvalue weighted by Crippen LogP contribution is 2.30. The van der Waals surface area contributed by atoms with Crippen molar-refractivity contribution in [2.75, 3.05) is 39.2 Å². The van der Waals surface area contributed by atoms with E-state index in [1.165, 1.54) is 0 Å². The number of anilines is 1. The van der Waals surface area contributed by atoms with Gasteiger partial charge in [0.15, 0.2) is 18.1 Å². The lowest BCUT2D eigenvalue weighted by Gasteiger charge is -2.33. The number of hydrogen-bond donors (Lipinski definition) is 2. The van der Waals surface area contributed by atoms with Crippen molar-refractivity contribution in [3.05, 3.63) is 71.0 Å². The molecule has 3 aromatic rings. The Morgan fingerprint density at radius 2 is 2.00 bits per heavy atom. The van der Waals surface area contributed by atoms with Gasteiger partial charge in [0.05, 0.1) is 23.9 Å². The molecule has 1 aliphatic heterocycles. The van der Waals surface area contributed by atoms with Crippen molar-refractivity contribution in [2.45, 2.75) is 25.4 Å². The van der Waals surface area contributed by atoms with Crippen LogP contribution in [0.3, 0.4) is 0 Å². The largest absolute Gasteiger partial charge is 0.493 e. The highest BCUT2D eigenvalue weighted by molar-refractivity contribution is 6.33. The molecule has 1 atom stereocenters. The van der Waals surface area contributed by atoms with E-state index in [1.807, 2.05) is 29.1 Å². The maximum absolute atomic E-state index is 12.3. The standard InChI is InChI=1S/C26H30ClN5O4/c1-28-26(34)22-11-13-32(30-22)19-6-5-12-31(16-19)15-18-9-10-23(24(14-18)35-2)36-17-25(33)29-21-8-4-3-7-20(21)27/h3-4,7-11,13-14,19H,5-6,12,15-17H2,1-2H3,(H,28,34)(H,29,33). The van der Waals surface area contributed by atoms with E-state index in [0.717, 1.165) is 38.0 Å². The fourth-order valence-electron chi connectivity index (χ4n) is 4.26. The van der Waals surface area contributed by atoms with Gasteiger partial charge in [-0.15, -0.1) is 0 Å². The number of ether oxygens (including phenoxy) is 2. The average molecular weight is 512 g/mol. The van der Waals surface area contributed by atoms with Crippen LogP contribution in [0.4, 0.5) is 5.69 Å². The number of nitrogens with zero attached hydrogens (tertiary/aromatic N) is 3. The van der Waals surface area contributed by atoms with Crippen molar-refractivity contribution >= 4 is 29.1 Å². The maximum Gasteiger partial charge on any atom is 0.271 e. The molecule has 0 aliphatic carbocycles. The molecular weight excluding hydrogens is 482 g/mol. The molecule has 36 heavy (non-hydrogen) atoms. The third-order valence-corrected chi connectivity index (χ3v) is 6.39. The van der Waals surface area contributed by atoms with Crippen LogP contribution in [0.2, 0.25) is 5.02 Å². The fraction of sp³-hybridized carbons (Fsp3) is 0.346. The Kier molecular flexibility index (Phi) is 8.45. The molecule has 10 heteroatoms. The van der Waals surface area contributed by atoms with Gasteiger partial charge in [-0.25, -0.2) is 0 Å². The lowest BCUT2D eigenvalue weighted by Crippen LogP contribution is -2.36. The summed E-state index contributed by atoms with van der Waals surface area (Å²) in [5, 5.41) is 10.3. The molecule has 0 radical (unpaired) electrons. The normalized spacial score (nSPS) is 15.8. The minimum Gasteiger partial charge on any atom is -0.493 e. The summed E-state index contributed by atoms with van der Waals surface area (Å²) < 4.78 is 13.1. The number of carbonyl (C=O) groups excluding carboxylic acids is 2. The van der Waals surface area contributed by atoms with Gasteiger partial charge in [-0.2, -0.15) is 5.10 Å². The maximum atomic E-state index is 12.3. The number of nitrogens with one attached hydrogen (secondary N) is 2. The Labute approximate surface area is 215 Å². The van der Waals surface area contributed by atoms with E-state index >= 15 is 0 Å². The summed E-state index contributed by atoms with van der Waals surface area (Å²) in [6.45, 7) is 2.38. The minimum atomic E-state index is -0.313. The van der Waals surface area contributed by atoms with E-state index in [-0.39, 0.29) is 24.5 Å². The first kappa shape index (κ1) is 25.5. The van der Waals surface area contributed by atoms with Crippen LogP contribution in [0.15, 0.2) is 54.7 Å². The number of rotatable bonds is 9. The number of para-hydroxylation sites is 1. The minimum absolute atomic E-state index is 0.170. The van der Waals surface area contributed by atoms with Gasteiger partial charge in [-0.05, 0) is 55.3 Å². The Hall–Kier alpha value is -3.56. The monoisotopic (exact) mass is 511 g/mol. The molecule has 2 heterocycles. The van der Waals surface area contributed by atoms with Crippen molar-refractivity contribution in [3.63, 3.8) is 0 Å². The fourth-order valence-corrected chi connectivity index (χ4v) is 4.44. The van der Waals surface area contributed by atoms with Crippen LogP contribution in [-0.4, -0.2) is 60.3 Å². The summed E-state index contributed by atoms with van der Waals surface area (Å²) in [5.41, 5.74) is 2.04. The summed E-state index contributed by atoms with van der Waals surface area (Å²) >= 11 is 6.09. The lowest BCUT2D eigenvalue weighted by molar-refractivity contribution is -0.118. The van der Waals surface area contributed by atoms with E-state index in [1.54, 1.807) is 44.5 Å². The molecule has 2 amide bonds. The first-order valence-electron chi connectivity index (χ1n) is 11.8. The van der Waals surface area contributed by atoms with E-state index in [4.69, 9.17) is 21.1 Å². The van der Waals surface area contributed by atoms with Crippen LogP contribution in [0.1, 0.15) is 34.9 Å². The van der Waals surface area contributed by atoms with Crippen LogP contribution in [0, 0.1) is 0 Å². The number of halogens is 1. The second-order valence-corrected chi connectivity index (χ2v) is 9.00. The number of amides is 2. The molecule has 1 saturated heterocycles. The number of hydrogen-bond acceptors (Lipinski definition) is 6. The van der Waals surface area contributed by atoms with E-state index in [0.29, 0.717) is 27.9 Å². The van der Waals surface area contributed by atoms with Crippen LogP contribution in [0.25, 0.3) is 0 Å². The highest BCUT2D eigenvalue weighted by Gasteiger charge is 2.23. The molecule has 0 saturated carbocycles. The van der Waals surface area contributed by atoms with Crippen LogP contribution in [-0.2, 0) is 11.3 Å². The van der Waals surface area contributed by atoms with E-state index in [9.17, 15) is 9.59 Å². The molecule has 4 rings (SSSR count). The Morgan fingerprint density at radius 3 is 2.78 bits per heavy atom. The van der Waals surface area contributed by atoms with Gasteiger partial charge in [0.1, 0.15) is 5.69 Å². The molecule has 0 spiro atoms. The van der Waals surface area contributed by atoms with Crippen molar-refractivity contribution in [1.82, 2.24) is 20.0 Å². The number of benzene rings is 2. The van der Waals surface area contributed by atoms with Gasteiger partial charge in [0.2, 0.25) is 0 Å². The van der Waals surface area contributed by atoms with Crippen LogP contribution >= 0.6 is 11.6 Å². The number of methoxy groups -OCH3 is 1. The van der Waals surface area contributed by atoms with Crippen molar-refractivity contribution in [3.8, 4) is 11.5 Å². The molecule has 2 aromatic carbocycles. The SMILES string of the molecule is CNC(=O)c1ccn(C2CCCN(Cc3ccc(OCC(=O)Nc4ccccc4Cl)c(OC)c3)C2)n1. The Morgan fingerprint density at radius 1 is 1.17 bits per heavy atom. The number of piperidine rings is 1. The smallest absolute Gasteiger partial charge is 0.271 e. The molecule has 9 nitrogen and oxygen atoms in total. The summed E-state index contributed by atoms with van der Waals surface area (Å²) in [5.74, 6) is 0.559. The van der Waals surface area contributed by atoms with Crippen molar-refractivity contribution in [1.29, 1.82) is 0 Å². The average Bonchev–Trinajstić information content (AvgIpc) is 3.39. The van der Waals surface area contributed by atoms with Crippen molar-refractivity contribution < 1.29 is 19.1 Å². The predicted molar refractivity (Wildman–Crippen MR) is 138 cm³/mol. The van der Waals surface area contributed by atoms with Gasteiger partial charge in [-0.1, -0.05) is 29.8 Å². The summed E-state index contributed by atoms with van der Waals surface area (Å²) in [7, 11) is 3.18. The molecule has 1 unspecified atom stereocenters. The second kappa shape index (κ2) is 11.9. The zero-order valence-corrected chi connectivity index (χ0v) is 21.1. The number of aromatic nitrogens is 2. The van der Waals surface area contributed by atoms with Crippen LogP contribution in [0.5, 0.6) is 11.5 Å². The molecule has 1 aliphatic rings. The zero-order valence-electron chi connectivity index (χ0n) is 20.4.